The first kappa shape index (κ1) is 29.8. The number of hydrogen-bond acceptors (Lipinski definition) is 2. The molecule has 1 aliphatic heterocycles. The molecule has 0 radical (unpaired) electrons. The Kier molecular flexibility index (Phi) is 7.43. The highest BCUT2D eigenvalue weighted by Crippen LogP contribution is 2.36. The van der Waals surface area contributed by atoms with Gasteiger partial charge in [0.25, 0.3) is 0 Å². The Morgan fingerprint density at radius 1 is 0.413 bits per heavy atom. The standard InChI is InChI=1S/C42H36O2Si2/c1-29-25-41-39(27-37(29)31(3)43)40-28-38(32(4)44)30(2)26-42(40)46(35-21-13-7-14-22-35,36-23-15-8-16-24-36)45(41,33-17-9-5-10-18-33)34-19-11-6-12-20-34/h5-28H,1-4H3. The van der Waals surface area contributed by atoms with Crippen LogP contribution >= 0.6 is 0 Å². The lowest BCUT2D eigenvalue weighted by Crippen LogP contribution is -2.95. The molecule has 0 saturated heterocycles. The number of Topliss-reactive ketones (excluding diaryl/α,β-unsaturated/α-hetero) is 2. The minimum atomic E-state index is -3.08. The number of fused-ring (bicyclic) bond motifs is 3. The summed E-state index contributed by atoms with van der Waals surface area (Å²) in [6, 6.07) is 53.5. The largest absolute Gasteiger partial charge is 0.295 e. The van der Waals surface area contributed by atoms with Crippen molar-refractivity contribution in [2.45, 2.75) is 27.7 Å². The third-order valence-electron chi connectivity index (χ3n) is 9.98. The summed E-state index contributed by atoms with van der Waals surface area (Å²) in [7, 11) is -6.16. The van der Waals surface area contributed by atoms with E-state index in [1.807, 2.05) is 0 Å². The van der Waals surface area contributed by atoms with Crippen LogP contribution in [0.25, 0.3) is 11.1 Å². The summed E-state index contributed by atoms with van der Waals surface area (Å²) in [5, 5.41) is 7.98. The molecule has 1 aliphatic rings. The summed E-state index contributed by atoms with van der Waals surface area (Å²) in [6.45, 7) is 7.46. The lowest BCUT2D eigenvalue weighted by Gasteiger charge is -2.54. The van der Waals surface area contributed by atoms with E-state index in [2.05, 4.69) is 159 Å². The van der Waals surface area contributed by atoms with Gasteiger partial charge in [-0.05, 0) is 72.5 Å². The van der Waals surface area contributed by atoms with Crippen LogP contribution in [0, 0.1) is 13.8 Å². The van der Waals surface area contributed by atoms with E-state index in [0.717, 1.165) is 33.4 Å². The van der Waals surface area contributed by atoms with Crippen LogP contribution in [0.1, 0.15) is 45.7 Å². The van der Waals surface area contributed by atoms with E-state index in [1.54, 1.807) is 13.8 Å². The molecule has 6 aromatic carbocycles. The lowest BCUT2D eigenvalue weighted by molar-refractivity contribution is 0.100. The number of aryl methyl sites for hydroxylation is 2. The summed E-state index contributed by atoms with van der Waals surface area (Å²) in [4.78, 5) is 26.3. The first-order chi connectivity index (χ1) is 22.3. The summed E-state index contributed by atoms with van der Waals surface area (Å²) in [5.74, 6) is 0.0975. The molecule has 2 nitrogen and oxygen atoms in total. The van der Waals surface area contributed by atoms with E-state index >= 15 is 0 Å². The highest BCUT2D eigenvalue weighted by Gasteiger charge is 2.65. The Bertz CT molecular complexity index is 1870. The normalized spacial score (nSPS) is 14.2. The molecule has 4 heteroatoms. The molecule has 0 atom stereocenters. The summed E-state index contributed by atoms with van der Waals surface area (Å²) >= 11 is 0. The molecule has 0 aromatic heterocycles. The van der Waals surface area contributed by atoms with Crippen molar-refractivity contribution in [2.75, 3.05) is 0 Å². The van der Waals surface area contributed by atoms with Gasteiger partial charge in [0, 0.05) is 11.1 Å². The van der Waals surface area contributed by atoms with Gasteiger partial charge in [-0.15, -0.1) is 0 Å². The van der Waals surface area contributed by atoms with Crippen molar-refractivity contribution in [3.05, 3.63) is 168 Å². The zero-order valence-corrected chi connectivity index (χ0v) is 28.7. The van der Waals surface area contributed by atoms with E-state index < -0.39 is 15.2 Å². The van der Waals surface area contributed by atoms with Gasteiger partial charge in [0.05, 0.1) is 0 Å². The first-order valence-electron chi connectivity index (χ1n) is 15.9. The van der Waals surface area contributed by atoms with Crippen LogP contribution in [0.15, 0.2) is 146 Å². The van der Waals surface area contributed by atoms with Crippen molar-refractivity contribution < 1.29 is 9.59 Å². The Morgan fingerprint density at radius 2 is 0.674 bits per heavy atom. The van der Waals surface area contributed by atoms with Crippen molar-refractivity contribution >= 4 is 57.9 Å². The Labute approximate surface area is 273 Å². The van der Waals surface area contributed by atoms with Crippen molar-refractivity contribution in [1.82, 2.24) is 0 Å². The molecule has 0 bridgehead atoms. The fourth-order valence-electron chi connectivity index (χ4n) is 8.22. The van der Waals surface area contributed by atoms with Crippen molar-refractivity contribution in [2.24, 2.45) is 0 Å². The van der Waals surface area contributed by atoms with E-state index in [-0.39, 0.29) is 11.6 Å². The fraction of sp³-hybridized carbons (Fsp3) is 0.0952. The molecule has 1 heterocycles. The van der Waals surface area contributed by atoms with E-state index in [1.165, 1.54) is 31.1 Å². The second kappa shape index (κ2) is 11.5. The van der Waals surface area contributed by atoms with Gasteiger partial charge < -0.3 is 0 Å². The average molecular weight is 629 g/mol. The fourth-order valence-corrected chi connectivity index (χ4v) is 28.4. The number of rotatable bonds is 6. The molecule has 0 spiro atoms. The van der Waals surface area contributed by atoms with Crippen LogP contribution in [0.4, 0.5) is 0 Å². The Hall–Kier alpha value is -4.91. The van der Waals surface area contributed by atoms with E-state index in [0.29, 0.717) is 0 Å². The van der Waals surface area contributed by atoms with Gasteiger partial charge in [-0.2, -0.15) is 0 Å². The molecule has 46 heavy (non-hydrogen) atoms. The van der Waals surface area contributed by atoms with Crippen LogP contribution in [0.5, 0.6) is 0 Å². The number of carbonyl (C=O) groups excluding carboxylic acids is 2. The van der Waals surface area contributed by atoms with Gasteiger partial charge in [0.15, 0.2) is 26.7 Å². The smallest absolute Gasteiger partial charge is 0.160 e. The Balaban J connectivity index is 1.86. The van der Waals surface area contributed by atoms with Crippen LogP contribution in [0.2, 0.25) is 0 Å². The highest BCUT2D eigenvalue weighted by atomic mass is 29.3. The van der Waals surface area contributed by atoms with Gasteiger partial charge >= 0.3 is 0 Å². The zero-order valence-electron chi connectivity index (χ0n) is 26.7. The van der Waals surface area contributed by atoms with E-state index in [9.17, 15) is 9.59 Å². The number of benzene rings is 6. The summed E-state index contributed by atoms with van der Waals surface area (Å²) in [6.07, 6.45) is 0. The maximum atomic E-state index is 13.1. The molecule has 0 fully saturated rings. The van der Waals surface area contributed by atoms with Gasteiger partial charge in [-0.25, -0.2) is 0 Å². The molecule has 0 saturated carbocycles. The topological polar surface area (TPSA) is 34.1 Å². The molecule has 0 amide bonds. The van der Waals surface area contributed by atoms with Crippen molar-refractivity contribution in [1.29, 1.82) is 0 Å². The average Bonchev–Trinajstić information content (AvgIpc) is 3.08. The number of carbonyl (C=O) groups is 2. The zero-order chi connectivity index (χ0) is 32.1. The Morgan fingerprint density at radius 3 is 0.913 bits per heavy atom. The van der Waals surface area contributed by atoms with Gasteiger partial charge in [0.2, 0.25) is 0 Å². The van der Waals surface area contributed by atoms with Crippen LogP contribution in [0.3, 0.4) is 0 Å². The van der Waals surface area contributed by atoms with Gasteiger partial charge in [0.1, 0.15) is 0 Å². The lowest BCUT2D eigenvalue weighted by atomic mass is 9.94. The van der Waals surface area contributed by atoms with Crippen molar-refractivity contribution in [3.63, 3.8) is 0 Å². The molecular formula is C42H36O2Si2. The summed E-state index contributed by atoms with van der Waals surface area (Å²) < 4.78 is 0. The third kappa shape index (κ3) is 4.21. The predicted molar refractivity (Wildman–Crippen MR) is 196 cm³/mol. The molecule has 224 valence electrons. The SMILES string of the molecule is CC(=O)c1cc2c(cc1C)[Si](c1ccccc1)(c1ccccc1)[Si](c1ccccc1)(c1ccccc1)c1cc(C)c(C(C)=O)cc1-2. The quantitative estimate of drug-likeness (QED) is 0.183. The molecular weight excluding hydrogens is 593 g/mol. The molecule has 6 aromatic rings. The van der Waals surface area contributed by atoms with E-state index in [4.69, 9.17) is 0 Å². The van der Waals surface area contributed by atoms with Crippen molar-refractivity contribution in [3.8, 4) is 11.1 Å². The van der Waals surface area contributed by atoms with Gasteiger partial charge in [-0.3, -0.25) is 9.59 Å². The maximum absolute atomic E-state index is 13.1. The van der Waals surface area contributed by atoms with Crippen LogP contribution in [-0.2, 0) is 0 Å². The first-order valence-corrected chi connectivity index (χ1v) is 20.9. The highest BCUT2D eigenvalue weighted by molar-refractivity contribution is 7.68. The molecule has 0 aliphatic carbocycles. The van der Waals surface area contributed by atoms with Crippen LogP contribution in [-0.4, -0.2) is 26.7 Å². The van der Waals surface area contributed by atoms with Gasteiger partial charge in [-0.1, -0.05) is 154 Å². The molecule has 0 unspecified atom stereocenters. The monoisotopic (exact) mass is 628 g/mol. The summed E-state index contributed by atoms with van der Waals surface area (Å²) in [5.41, 5.74) is 5.58. The second-order valence-corrected chi connectivity index (χ2v) is 23.4. The minimum Gasteiger partial charge on any atom is -0.295 e. The van der Waals surface area contributed by atoms with Crippen LogP contribution < -0.4 is 31.1 Å². The molecule has 7 rings (SSSR count). The minimum absolute atomic E-state index is 0.0487. The maximum Gasteiger partial charge on any atom is 0.160 e. The second-order valence-electron chi connectivity index (χ2n) is 12.5. The number of ketones is 2. The predicted octanol–water partition coefficient (Wildman–Crippen LogP) is 5.41. The molecule has 0 N–H and O–H groups in total. The number of hydrogen-bond donors (Lipinski definition) is 0. The third-order valence-corrected chi connectivity index (χ3v) is 26.8.